The molecule has 1 atom stereocenters. The van der Waals surface area contributed by atoms with E-state index in [-0.39, 0.29) is 17.4 Å². The maximum absolute atomic E-state index is 12.5. The van der Waals surface area contributed by atoms with E-state index in [4.69, 9.17) is 28.6 Å². The lowest BCUT2D eigenvalue weighted by Crippen LogP contribution is -2.60. The Morgan fingerprint density at radius 2 is 1.76 bits per heavy atom. The topological polar surface area (TPSA) is 87.7 Å². The van der Waals surface area contributed by atoms with Crippen molar-refractivity contribution in [3.63, 3.8) is 0 Å². The molecule has 9 heteroatoms. The quantitative estimate of drug-likeness (QED) is 0.132. The first-order valence-corrected chi connectivity index (χ1v) is 14.2. The molecule has 1 fully saturated rings. The van der Waals surface area contributed by atoms with Crippen LogP contribution >= 0.6 is 23.8 Å². The SMILES string of the molecule is CCCCCCCCCCCCOC(=O)CC1C(=O)NCCN1C(=S)NC(=O)/C=C/c1ccccc1Cl. The summed E-state index contributed by atoms with van der Waals surface area (Å²) in [6.45, 7) is 3.33. The Morgan fingerprint density at radius 1 is 1.11 bits per heavy atom. The second-order valence-corrected chi connectivity index (χ2v) is 10.0. The monoisotopic (exact) mass is 549 g/mol. The summed E-state index contributed by atoms with van der Waals surface area (Å²) in [7, 11) is 0. The molecule has 1 saturated heterocycles. The van der Waals surface area contributed by atoms with Crippen LogP contribution in [0.25, 0.3) is 6.08 Å². The molecule has 0 radical (unpaired) electrons. The van der Waals surface area contributed by atoms with Crippen LogP contribution in [0, 0.1) is 0 Å². The molecule has 7 nitrogen and oxygen atoms in total. The zero-order valence-corrected chi connectivity index (χ0v) is 23.4. The van der Waals surface area contributed by atoms with Crippen LogP contribution in [-0.4, -0.2) is 53.5 Å². The fraction of sp³-hybridized carbons (Fsp3) is 0.571. The molecule has 0 spiro atoms. The van der Waals surface area contributed by atoms with Gasteiger partial charge in [0.25, 0.3) is 0 Å². The summed E-state index contributed by atoms with van der Waals surface area (Å²) < 4.78 is 5.37. The highest BCUT2D eigenvalue weighted by atomic mass is 35.5. The Kier molecular flexibility index (Phi) is 14.9. The normalized spacial score (nSPS) is 15.5. The lowest BCUT2D eigenvalue weighted by atomic mass is 10.1. The third-order valence-corrected chi connectivity index (χ3v) is 6.94. The fourth-order valence-electron chi connectivity index (χ4n) is 4.15. The van der Waals surface area contributed by atoms with Gasteiger partial charge in [-0.15, -0.1) is 0 Å². The minimum atomic E-state index is -0.825. The zero-order valence-electron chi connectivity index (χ0n) is 21.8. The molecule has 2 amide bonds. The van der Waals surface area contributed by atoms with Crippen molar-refractivity contribution < 1.29 is 19.1 Å². The maximum atomic E-state index is 12.5. The Labute approximate surface area is 231 Å². The molecule has 204 valence electrons. The van der Waals surface area contributed by atoms with Gasteiger partial charge in [-0.05, 0) is 36.3 Å². The molecule has 1 heterocycles. The summed E-state index contributed by atoms with van der Waals surface area (Å²) in [6, 6.07) is 6.32. The van der Waals surface area contributed by atoms with Gasteiger partial charge >= 0.3 is 5.97 Å². The van der Waals surface area contributed by atoms with Crippen LogP contribution in [0.15, 0.2) is 30.3 Å². The van der Waals surface area contributed by atoms with Gasteiger partial charge in [-0.25, -0.2) is 0 Å². The molecule has 37 heavy (non-hydrogen) atoms. The smallest absolute Gasteiger partial charge is 0.308 e. The first-order valence-electron chi connectivity index (χ1n) is 13.4. The van der Waals surface area contributed by atoms with Gasteiger partial charge < -0.3 is 15.0 Å². The number of thiocarbonyl (C=S) groups is 1. The highest BCUT2D eigenvalue weighted by Gasteiger charge is 2.34. The van der Waals surface area contributed by atoms with E-state index in [0.29, 0.717) is 30.3 Å². The van der Waals surface area contributed by atoms with Crippen LogP contribution in [0.4, 0.5) is 0 Å². The van der Waals surface area contributed by atoms with Crippen molar-refractivity contribution in [2.24, 2.45) is 0 Å². The standard InChI is InChI=1S/C28H40ClN3O4S/c1-2-3-4-5-6-7-8-9-10-13-20-36-26(34)21-24-27(35)30-18-19-32(24)28(37)31-25(33)17-16-22-14-11-12-15-23(22)29/h11-12,14-17,24H,2-10,13,18-21H2,1H3,(H,30,35)(H,31,33,37)/b17-16+. The number of carbonyl (C=O) groups excluding carboxylic acids is 3. The molecule has 0 bridgehead atoms. The van der Waals surface area contributed by atoms with Gasteiger partial charge in [0.1, 0.15) is 6.04 Å². The lowest BCUT2D eigenvalue weighted by Gasteiger charge is -2.36. The number of nitrogens with zero attached hydrogens (tertiary/aromatic N) is 1. The Hall–Kier alpha value is -2.45. The number of halogens is 1. The van der Waals surface area contributed by atoms with Crippen LogP contribution in [0.5, 0.6) is 0 Å². The van der Waals surface area contributed by atoms with Crippen molar-refractivity contribution in [1.29, 1.82) is 0 Å². The Morgan fingerprint density at radius 3 is 2.43 bits per heavy atom. The van der Waals surface area contributed by atoms with Crippen LogP contribution in [0.3, 0.4) is 0 Å². The number of hydrogen-bond donors (Lipinski definition) is 2. The molecule has 1 aromatic carbocycles. The summed E-state index contributed by atoms with van der Waals surface area (Å²) in [6.07, 6.45) is 14.8. The molecular weight excluding hydrogens is 510 g/mol. The number of hydrogen-bond acceptors (Lipinski definition) is 5. The first-order chi connectivity index (χ1) is 17.9. The number of esters is 1. The average Bonchev–Trinajstić information content (AvgIpc) is 2.88. The van der Waals surface area contributed by atoms with Crippen molar-refractivity contribution >= 4 is 52.8 Å². The first kappa shape index (κ1) is 30.8. The third-order valence-electron chi connectivity index (χ3n) is 6.26. The highest BCUT2D eigenvalue weighted by Crippen LogP contribution is 2.16. The van der Waals surface area contributed by atoms with E-state index in [0.717, 1.165) is 19.3 Å². The van der Waals surface area contributed by atoms with E-state index in [1.165, 1.54) is 51.0 Å². The minimum absolute atomic E-state index is 0.0937. The number of ether oxygens (including phenoxy) is 1. The van der Waals surface area contributed by atoms with Crippen molar-refractivity contribution in [2.45, 2.75) is 83.6 Å². The predicted molar refractivity (Wildman–Crippen MR) is 152 cm³/mol. The largest absolute Gasteiger partial charge is 0.466 e. The minimum Gasteiger partial charge on any atom is -0.466 e. The van der Waals surface area contributed by atoms with Gasteiger partial charge in [-0.3, -0.25) is 19.7 Å². The van der Waals surface area contributed by atoms with Gasteiger partial charge in [0.15, 0.2) is 5.11 Å². The van der Waals surface area contributed by atoms with E-state index in [1.807, 2.05) is 6.07 Å². The number of carbonyl (C=O) groups is 3. The second-order valence-electron chi connectivity index (χ2n) is 9.26. The third kappa shape index (κ3) is 12.1. The number of piperazine rings is 1. The molecule has 2 N–H and O–H groups in total. The molecule has 1 aliphatic rings. The summed E-state index contributed by atoms with van der Waals surface area (Å²) >= 11 is 11.5. The van der Waals surface area contributed by atoms with Gasteiger partial charge in [0, 0.05) is 24.2 Å². The fourth-order valence-corrected chi connectivity index (χ4v) is 4.67. The zero-order chi connectivity index (χ0) is 26.9. The van der Waals surface area contributed by atoms with Crippen molar-refractivity contribution in [1.82, 2.24) is 15.5 Å². The second kappa shape index (κ2) is 17.9. The Balaban J connectivity index is 1.71. The Bertz CT molecular complexity index is 924. The molecule has 2 rings (SSSR count). The highest BCUT2D eigenvalue weighted by molar-refractivity contribution is 7.80. The number of nitrogens with one attached hydrogen (secondary N) is 2. The van der Waals surface area contributed by atoms with E-state index in [2.05, 4.69) is 17.6 Å². The van der Waals surface area contributed by atoms with Crippen LogP contribution in [0.2, 0.25) is 5.02 Å². The lowest BCUT2D eigenvalue weighted by molar-refractivity contribution is -0.147. The van der Waals surface area contributed by atoms with Crippen LogP contribution < -0.4 is 10.6 Å². The number of rotatable bonds is 15. The molecule has 1 aliphatic heterocycles. The molecule has 1 aromatic rings. The number of benzene rings is 1. The maximum Gasteiger partial charge on any atom is 0.308 e. The van der Waals surface area contributed by atoms with E-state index >= 15 is 0 Å². The van der Waals surface area contributed by atoms with Crippen molar-refractivity contribution in [2.75, 3.05) is 19.7 Å². The van der Waals surface area contributed by atoms with Gasteiger partial charge in [-0.1, -0.05) is 94.5 Å². The van der Waals surface area contributed by atoms with E-state index in [9.17, 15) is 14.4 Å². The summed E-state index contributed by atoms with van der Waals surface area (Å²) in [5.41, 5.74) is 0.700. The van der Waals surface area contributed by atoms with Crippen LogP contribution in [-0.2, 0) is 19.1 Å². The van der Waals surface area contributed by atoms with E-state index in [1.54, 1.807) is 29.2 Å². The average molecular weight is 550 g/mol. The summed E-state index contributed by atoms with van der Waals surface area (Å²) in [5.74, 6) is -1.21. The number of unbranched alkanes of at least 4 members (excludes halogenated alkanes) is 9. The van der Waals surface area contributed by atoms with Crippen molar-refractivity contribution in [3.8, 4) is 0 Å². The molecular formula is C28H40ClN3O4S. The predicted octanol–water partition coefficient (Wildman–Crippen LogP) is 5.41. The summed E-state index contributed by atoms with van der Waals surface area (Å²) in [5, 5.41) is 5.98. The van der Waals surface area contributed by atoms with E-state index < -0.39 is 17.9 Å². The molecule has 0 saturated carbocycles. The number of amides is 2. The van der Waals surface area contributed by atoms with Crippen LogP contribution in [0.1, 0.15) is 83.1 Å². The molecule has 0 aromatic heterocycles. The van der Waals surface area contributed by atoms with Gasteiger partial charge in [0.2, 0.25) is 11.8 Å². The molecule has 1 unspecified atom stereocenters. The van der Waals surface area contributed by atoms with Gasteiger partial charge in [0.05, 0.1) is 13.0 Å². The summed E-state index contributed by atoms with van der Waals surface area (Å²) in [4.78, 5) is 38.8. The molecule has 0 aliphatic carbocycles. The van der Waals surface area contributed by atoms with Crippen molar-refractivity contribution in [3.05, 3.63) is 40.9 Å². The van der Waals surface area contributed by atoms with Gasteiger partial charge in [-0.2, -0.15) is 0 Å².